The number of hydrogen-bond donors (Lipinski definition) is 1. The molecule has 0 saturated carbocycles. The molecule has 2 amide bonds. The van der Waals surface area contributed by atoms with E-state index in [1.807, 2.05) is 11.8 Å². The molecule has 2 aliphatic rings. The van der Waals surface area contributed by atoms with Gasteiger partial charge in [-0.05, 0) is 19.8 Å². The summed E-state index contributed by atoms with van der Waals surface area (Å²) in [7, 11) is 3.28. The Bertz CT molecular complexity index is 623. The van der Waals surface area contributed by atoms with Gasteiger partial charge >= 0.3 is 0 Å². The lowest BCUT2D eigenvalue weighted by atomic mass is 9.97. The number of likely N-dealkylation sites (N-methyl/N-ethyl adjacent to an activating group) is 1. The van der Waals surface area contributed by atoms with Crippen molar-refractivity contribution in [1.29, 1.82) is 0 Å². The van der Waals surface area contributed by atoms with Crippen LogP contribution in [-0.4, -0.2) is 76.8 Å². The maximum Gasteiger partial charge on any atom is 0.272 e. The fraction of sp³-hybridized carbons (Fsp3) is 0.688. The lowest BCUT2D eigenvalue weighted by Gasteiger charge is -2.46. The summed E-state index contributed by atoms with van der Waals surface area (Å²) < 4.78 is 6.65. The maximum absolute atomic E-state index is 12.4. The predicted octanol–water partition coefficient (Wildman–Crippen LogP) is -0.146. The quantitative estimate of drug-likeness (QED) is 0.810. The molecule has 3 heterocycles. The first kappa shape index (κ1) is 16.8. The third kappa shape index (κ3) is 3.10. The van der Waals surface area contributed by atoms with Crippen LogP contribution in [0.3, 0.4) is 0 Å². The molecule has 3 rings (SSSR count). The normalized spacial score (nSPS) is 22.4. The molecule has 1 atom stereocenters. The summed E-state index contributed by atoms with van der Waals surface area (Å²) in [6.07, 6.45) is 1.96. The first-order chi connectivity index (χ1) is 11.5. The molecule has 0 aromatic carbocycles. The smallest absolute Gasteiger partial charge is 0.272 e. The zero-order valence-corrected chi connectivity index (χ0v) is 14.5. The number of aryl methyl sites for hydroxylation is 1. The summed E-state index contributed by atoms with van der Waals surface area (Å²) in [5, 5.41) is 7.11. The highest BCUT2D eigenvalue weighted by Crippen LogP contribution is 2.22. The van der Waals surface area contributed by atoms with E-state index in [2.05, 4.69) is 15.3 Å². The van der Waals surface area contributed by atoms with Crippen LogP contribution in [-0.2, 0) is 11.8 Å². The van der Waals surface area contributed by atoms with E-state index in [1.54, 1.807) is 20.2 Å². The van der Waals surface area contributed by atoms with E-state index in [0.29, 0.717) is 24.7 Å². The monoisotopic (exact) mass is 335 g/mol. The molecule has 2 fully saturated rings. The lowest BCUT2D eigenvalue weighted by Crippen LogP contribution is -2.66. The minimum absolute atomic E-state index is 0.0261. The molecule has 0 spiro atoms. The van der Waals surface area contributed by atoms with Gasteiger partial charge in [0.05, 0.1) is 19.2 Å². The fourth-order valence-electron chi connectivity index (χ4n) is 3.44. The van der Waals surface area contributed by atoms with Gasteiger partial charge in [0.15, 0.2) is 5.69 Å². The number of carbonyl (C=O) groups is 2. The van der Waals surface area contributed by atoms with Gasteiger partial charge in [-0.25, -0.2) is 4.68 Å². The molecule has 0 bridgehead atoms. The summed E-state index contributed by atoms with van der Waals surface area (Å²) >= 11 is 0. The summed E-state index contributed by atoms with van der Waals surface area (Å²) in [5.41, 5.74) is 0.346. The zero-order valence-electron chi connectivity index (χ0n) is 14.5. The number of aromatic nitrogens is 2. The number of nitrogens with one attached hydrogen (secondary N) is 1. The van der Waals surface area contributed by atoms with Gasteiger partial charge in [-0.1, -0.05) is 0 Å². The number of methoxy groups -OCH3 is 1. The van der Waals surface area contributed by atoms with E-state index in [9.17, 15) is 9.59 Å². The molecule has 0 radical (unpaired) electrons. The van der Waals surface area contributed by atoms with E-state index in [-0.39, 0.29) is 23.9 Å². The number of piperidine rings is 1. The highest BCUT2D eigenvalue weighted by Gasteiger charge is 2.39. The molecule has 132 valence electrons. The molecule has 1 aromatic rings. The molecule has 0 aliphatic carbocycles. The van der Waals surface area contributed by atoms with Gasteiger partial charge in [-0.3, -0.25) is 14.5 Å². The SMILES string of the molecule is CCN1CCCC(N2CC(NC(=O)c3cc(OC)n(C)n3)C2)C1=O. The molecule has 1 aromatic heterocycles. The van der Waals surface area contributed by atoms with Crippen LogP contribution in [0, 0.1) is 0 Å². The topological polar surface area (TPSA) is 79.7 Å². The third-order valence-corrected chi connectivity index (χ3v) is 4.85. The van der Waals surface area contributed by atoms with Crippen molar-refractivity contribution < 1.29 is 14.3 Å². The van der Waals surface area contributed by atoms with E-state index < -0.39 is 0 Å². The summed E-state index contributed by atoms with van der Waals surface area (Å²) in [4.78, 5) is 28.7. The van der Waals surface area contributed by atoms with Crippen molar-refractivity contribution in [2.24, 2.45) is 7.05 Å². The summed E-state index contributed by atoms with van der Waals surface area (Å²) in [6.45, 7) is 5.07. The van der Waals surface area contributed by atoms with E-state index in [4.69, 9.17) is 4.74 Å². The minimum Gasteiger partial charge on any atom is -0.481 e. The van der Waals surface area contributed by atoms with Crippen molar-refractivity contribution in [3.63, 3.8) is 0 Å². The molecule has 8 heteroatoms. The molecule has 24 heavy (non-hydrogen) atoms. The second-order valence-electron chi connectivity index (χ2n) is 6.40. The van der Waals surface area contributed by atoms with Crippen molar-refractivity contribution in [2.45, 2.75) is 31.8 Å². The van der Waals surface area contributed by atoms with Crippen LogP contribution in [0.4, 0.5) is 0 Å². The van der Waals surface area contributed by atoms with Gasteiger partial charge in [0.1, 0.15) is 0 Å². The standard InChI is InChI=1S/C16H25N5O3/c1-4-20-7-5-6-13(16(20)23)21-9-11(10-21)17-15(22)12-8-14(24-3)19(2)18-12/h8,11,13H,4-7,9-10H2,1-3H3,(H,17,22). The number of ether oxygens (including phenoxy) is 1. The average Bonchev–Trinajstić information content (AvgIpc) is 2.92. The van der Waals surface area contributed by atoms with Crippen molar-refractivity contribution in [2.75, 3.05) is 33.3 Å². The highest BCUT2D eigenvalue weighted by atomic mass is 16.5. The molecule has 8 nitrogen and oxygen atoms in total. The molecular formula is C16H25N5O3. The Balaban J connectivity index is 1.51. The highest BCUT2D eigenvalue weighted by molar-refractivity contribution is 5.93. The van der Waals surface area contributed by atoms with Gasteiger partial charge < -0.3 is 15.0 Å². The van der Waals surface area contributed by atoms with Gasteiger partial charge in [0.2, 0.25) is 11.8 Å². The molecule has 2 saturated heterocycles. The number of amides is 2. The number of hydrogen-bond acceptors (Lipinski definition) is 5. The van der Waals surface area contributed by atoms with Gasteiger partial charge in [-0.15, -0.1) is 0 Å². The molecular weight excluding hydrogens is 310 g/mol. The van der Waals surface area contributed by atoms with Crippen LogP contribution >= 0.6 is 0 Å². The van der Waals surface area contributed by atoms with Crippen LogP contribution in [0.25, 0.3) is 0 Å². The first-order valence-electron chi connectivity index (χ1n) is 8.45. The van der Waals surface area contributed by atoms with Crippen molar-refractivity contribution in [3.05, 3.63) is 11.8 Å². The first-order valence-corrected chi connectivity index (χ1v) is 8.45. The van der Waals surface area contributed by atoms with E-state index in [0.717, 1.165) is 25.9 Å². The Morgan fingerprint density at radius 2 is 2.21 bits per heavy atom. The Morgan fingerprint density at radius 3 is 2.83 bits per heavy atom. The van der Waals surface area contributed by atoms with Crippen LogP contribution in [0.1, 0.15) is 30.3 Å². The Hall–Kier alpha value is -2.09. The Labute approximate surface area is 141 Å². The molecule has 1 unspecified atom stereocenters. The zero-order chi connectivity index (χ0) is 17.3. The van der Waals surface area contributed by atoms with Gasteiger partial charge in [0, 0.05) is 39.3 Å². The minimum atomic E-state index is -0.205. The number of likely N-dealkylation sites (tertiary alicyclic amines) is 2. The second-order valence-corrected chi connectivity index (χ2v) is 6.40. The van der Waals surface area contributed by atoms with Crippen molar-refractivity contribution >= 4 is 11.8 Å². The van der Waals surface area contributed by atoms with Gasteiger partial charge in [-0.2, -0.15) is 5.10 Å². The molecule has 2 aliphatic heterocycles. The number of nitrogens with zero attached hydrogens (tertiary/aromatic N) is 4. The van der Waals surface area contributed by atoms with Crippen molar-refractivity contribution in [1.82, 2.24) is 24.9 Å². The summed E-state index contributed by atoms with van der Waals surface area (Å²) in [6, 6.07) is 1.66. The van der Waals surface area contributed by atoms with E-state index >= 15 is 0 Å². The average molecular weight is 335 g/mol. The molecule has 1 N–H and O–H groups in total. The summed E-state index contributed by atoms with van der Waals surface area (Å²) in [5.74, 6) is 0.564. The Morgan fingerprint density at radius 1 is 1.46 bits per heavy atom. The van der Waals surface area contributed by atoms with Crippen LogP contribution in [0.15, 0.2) is 6.07 Å². The number of carbonyl (C=O) groups excluding carboxylic acids is 2. The maximum atomic E-state index is 12.4. The lowest BCUT2D eigenvalue weighted by molar-refractivity contribution is -0.142. The van der Waals surface area contributed by atoms with E-state index in [1.165, 1.54) is 4.68 Å². The fourth-order valence-corrected chi connectivity index (χ4v) is 3.44. The van der Waals surface area contributed by atoms with Crippen LogP contribution in [0.5, 0.6) is 5.88 Å². The Kier molecular flexibility index (Phi) is 4.75. The predicted molar refractivity (Wildman–Crippen MR) is 87.9 cm³/mol. The number of rotatable bonds is 5. The second kappa shape index (κ2) is 6.80. The van der Waals surface area contributed by atoms with Gasteiger partial charge in [0.25, 0.3) is 5.91 Å². The van der Waals surface area contributed by atoms with Crippen LogP contribution in [0.2, 0.25) is 0 Å². The third-order valence-electron chi connectivity index (χ3n) is 4.85. The van der Waals surface area contributed by atoms with Crippen molar-refractivity contribution in [3.8, 4) is 5.88 Å². The van der Waals surface area contributed by atoms with Crippen LogP contribution < -0.4 is 10.1 Å². The largest absolute Gasteiger partial charge is 0.481 e.